The van der Waals surface area contributed by atoms with Crippen molar-refractivity contribution < 1.29 is 16.5 Å². The standard InChI is InChI=1S/2C12H11.Ni/c2*1-2-6-11(7-3-1)10-12-8-4-5-9-12;/h2*1-9H,10H2;/q-5;-1;. The second-order valence-electron chi connectivity index (χ2n) is 5.91. The van der Waals surface area contributed by atoms with Crippen LogP contribution < -0.4 is 0 Å². The minimum Gasteiger partial charge on any atom is -0.748 e. The van der Waals surface area contributed by atoms with Crippen molar-refractivity contribution in [2.45, 2.75) is 12.8 Å². The molecule has 0 nitrogen and oxygen atoms in total. The number of rotatable bonds is 4. The van der Waals surface area contributed by atoms with E-state index in [-0.39, 0.29) is 16.5 Å². The largest absolute Gasteiger partial charge is 0.748 e. The molecule has 1 heteroatoms. The van der Waals surface area contributed by atoms with Gasteiger partial charge in [-0.25, -0.2) is 12.1 Å². The normalized spacial score (nSPS) is 9.60. The van der Waals surface area contributed by atoms with Crippen LogP contribution in [0.5, 0.6) is 0 Å². The molecule has 4 aromatic carbocycles. The van der Waals surface area contributed by atoms with Gasteiger partial charge in [-0.1, -0.05) is 71.8 Å². The Kier molecular flexibility index (Phi) is 7.96. The van der Waals surface area contributed by atoms with Gasteiger partial charge in [-0.05, 0) is 6.42 Å². The predicted molar refractivity (Wildman–Crippen MR) is 103 cm³/mol. The van der Waals surface area contributed by atoms with Crippen molar-refractivity contribution in [3.05, 3.63) is 131 Å². The van der Waals surface area contributed by atoms with E-state index in [2.05, 4.69) is 109 Å². The Labute approximate surface area is 160 Å². The average molecular weight is 369 g/mol. The first-order valence-electron chi connectivity index (χ1n) is 8.39. The third kappa shape index (κ3) is 6.57. The van der Waals surface area contributed by atoms with Crippen molar-refractivity contribution in [3.63, 3.8) is 0 Å². The van der Waals surface area contributed by atoms with Gasteiger partial charge in [0, 0.05) is 16.5 Å². The van der Waals surface area contributed by atoms with Gasteiger partial charge < -0.3 is 29.8 Å². The summed E-state index contributed by atoms with van der Waals surface area (Å²) >= 11 is 0. The molecular formula is C24H22Ni-6. The topological polar surface area (TPSA) is 0 Å². The molecule has 0 atom stereocenters. The first-order valence-corrected chi connectivity index (χ1v) is 8.39. The molecule has 0 fully saturated rings. The third-order valence-corrected chi connectivity index (χ3v) is 3.97. The van der Waals surface area contributed by atoms with E-state index in [1.54, 1.807) is 0 Å². The molecular weight excluding hydrogens is 347 g/mol. The molecule has 0 spiro atoms. The van der Waals surface area contributed by atoms with Gasteiger partial charge >= 0.3 is 0 Å². The molecule has 134 valence electrons. The quantitative estimate of drug-likeness (QED) is 0.306. The Hall–Kier alpha value is -2.37. The summed E-state index contributed by atoms with van der Waals surface area (Å²) in [5, 5.41) is 0. The summed E-state index contributed by atoms with van der Waals surface area (Å²) in [4.78, 5) is 0. The first-order chi connectivity index (χ1) is 11.9. The number of benzene rings is 2. The Balaban J connectivity index is 0.000000173. The molecule has 4 rings (SSSR count). The van der Waals surface area contributed by atoms with Crippen molar-refractivity contribution in [1.29, 1.82) is 0 Å². The van der Waals surface area contributed by atoms with E-state index in [1.165, 1.54) is 22.3 Å². The summed E-state index contributed by atoms with van der Waals surface area (Å²) in [5.41, 5.74) is 5.54. The van der Waals surface area contributed by atoms with Crippen LogP contribution in [-0.4, -0.2) is 0 Å². The third-order valence-electron chi connectivity index (χ3n) is 3.97. The zero-order chi connectivity index (χ0) is 16.5. The van der Waals surface area contributed by atoms with Gasteiger partial charge in [0.25, 0.3) is 0 Å². The predicted octanol–water partition coefficient (Wildman–Crippen LogP) is 5.99. The molecule has 0 aliphatic heterocycles. The van der Waals surface area contributed by atoms with Crippen LogP contribution in [-0.2, 0) is 29.3 Å². The average Bonchev–Trinajstić information content (AvgIpc) is 3.32. The Morgan fingerprint density at radius 2 is 1.08 bits per heavy atom. The van der Waals surface area contributed by atoms with Crippen molar-refractivity contribution in [2.24, 2.45) is 0 Å². The molecule has 0 saturated heterocycles. The van der Waals surface area contributed by atoms with Gasteiger partial charge in [0.15, 0.2) is 0 Å². The van der Waals surface area contributed by atoms with Crippen LogP contribution in [0.25, 0.3) is 0 Å². The number of hydrogen-bond acceptors (Lipinski definition) is 0. The molecule has 0 aliphatic carbocycles. The van der Waals surface area contributed by atoms with Crippen LogP contribution in [0.2, 0.25) is 0 Å². The maximum absolute atomic E-state index is 2.16. The maximum Gasteiger partial charge on any atom is 0 e. The summed E-state index contributed by atoms with van der Waals surface area (Å²) < 4.78 is 0. The first kappa shape index (κ1) is 19.0. The Bertz CT molecular complexity index is 710. The van der Waals surface area contributed by atoms with Gasteiger partial charge in [-0.2, -0.15) is 24.1 Å². The fourth-order valence-corrected chi connectivity index (χ4v) is 2.73. The summed E-state index contributed by atoms with van der Waals surface area (Å²) in [7, 11) is 0. The Morgan fingerprint density at radius 1 is 0.600 bits per heavy atom. The molecule has 0 radical (unpaired) electrons. The van der Waals surface area contributed by atoms with Crippen LogP contribution in [0.1, 0.15) is 22.3 Å². The van der Waals surface area contributed by atoms with Crippen LogP contribution >= 0.6 is 0 Å². The summed E-state index contributed by atoms with van der Waals surface area (Å²) in [6, 6.07) is 38.0. The molecule has 0 amide bonds. The number of hydrogen-bond donors (Lipinski definition) is 0. The van der Waals surface area contributed by atoms with E-state index >= 15 is 0 Å². The van der Waals surface area contributed by atoms with E-state index in [1.807, 2.05) is 0 Å². The van der Waals surface area contributed by atoms with E-state index in [0.29, 0.717) is 0 Å². The molecule has 0 aliphatic rings. The Morgan fingerprint density at radius 3 is 1.60 bits per heavy atom. The van der Waals surface area contributed by atoms with Crippen molar-refractivity contribution in [3.8, 4) is 0 Å². The van der Waals surface area contributed by atoms with Gasteiger partial charge in [-0.15, -0.1) is 0 Å². The van der Waals surface area contributed by atoms with Crippen LogP contribution in [0, 0.1) is 0 Å². The summed E-state index contributed by atoms with van der Waals surface area (Å²) in [5.74, 6) is 0. The van der Waals surface area contributed by atoms with E-state index in [0.717, 1.165) is 12.8 Å². The fraction of sp³-hybridized carbons (Fsp3) is 0.0833. The molecule has 0 N–H and O–H groups in total. The molecule has 0 heterocycles. The molecule has 0 bridgehead atoms. The molecule has 25 heavy (non-hydrogen) atoms. The monoisotopic (exact) mass is 368 g/mol. The second-order valence-corrected chi connectivity index (χ2v) is 5.91. The maximum atomic E-state index is 2.16. The van der Waals surface area contributed by atoms with Crippen molar-refractivity contribution in [2.75, 3.05) is 0 Å². The minimum absolute atomic E-state index is 0. The van der Waals surface area contributed by atoms with Crippen molar-refractivity contribution in [1.82, 2.24) is 0 Å². The van der Waals surface area contributed by atoms with Gasteiger partial charge in [0.05, 0.1) is 0 Å². The van der Waals surface area contributed by atoms with E-state index < -0.39 is 0 Å². The molecule has 0 saturated carbocycles. The minimum atomic E-state index is 0. The smallest absolute Gasteiger partial charge is 0 e. The fourth-order valence-electron chi connectivity index (χ4n) is 2.73. The molecule has 0 aromatic heterocycles. The second kappa shape index (κ2) is 10.5. The van der Waals surface area contributed by atoms with Gasteiger partial charge in [-0.3, -0.25) is 0 Å². The SMILES string of the molecule is [Ni].c1ccc(C[c-]2[cH-][cH-][cH-][cH-]2)cc1.c1ccc(C[c-]2cccc2)cc1. The van der Waals surface area contributed by atoms with Gasteiger partial charge in [0.2, 0.25) is 0 Å². The van der Waals surface area contributed by atoms with E-state index in [4.69, 9.17) is 0 Å². The summed E-state index contributed by atoms with van der Waals surface area (Å²) in [6.07, 6.45) is 2.10. The summed E-state index contributed by atoms with van der Waals surface area (Å²) in [6.45, 7) is 0. The van der Waals surface area contributed by atoms with Crippen molar-refractivity contribution >= 4 is 0 Å². The zero-order valence-electron chi connectivity index (χ0n) is 14.1. The zero-order valence-corrected chi connectivity index (χ0v) is 15.1. The van der Waals surface area contributed by atoms with Crippen LogP contribution in [0.4, 0.5) is 0 Å². The van der Waals surface area contributed by atoms with Crippen LogP contribution in [0.3, 0.4) is 0 Å². The van der Waals surface area contributed by atoms with E-state index in [9.17, 15) is 0 Å². The van der Waals surface area contributed by atoms with Crippen LogP contribution in [0.15, 0.2) is 109 Å². The molecule has 4 aromatic rings. The van der Waals surface area contributed by atoms with Gasteiger partial charge in [0.1, 0.15) is 0 Å². The molecule has 0 unspecified atom stereocenters.